The molecule has 0 saturated carbocycles. The second-order valence-corrected chi connectivity index (χ2v) is 6.26. The Bertz CT molecular complexity index is 403. The highest BCUT2D eigenvalue weighted by atomic mass is 16.2. The molecule has 3 heteroatoms. The number of carbonyl (C=O) groups excluding carboxylic acids is 1. The number of amides is 1. The first kappa shape index (κ1) is 17.7. The van der Waals surface area contributed by atoms with Crippen LogP contribution in [0.1, 0.15) is 38.7 Å². The van der Waals surface area contributed by atoms with Gasteiger partial charge in [-0.3, -0.25) is 4.79 Å². The fourth-order valence-corrected chi connectivity index (χ4v) is 2.61. The predicted molar refractivity (Wildman–Crippen MR) is 89.0 cm³/mol. The third-order valence-electron chi connectivity index (χ3n) is 3.82. The van der Waals surface area contributed by atoms with Crippen LogP contribution in [-0.2, 0) is 11.2 Å². The molecule has 0 spiro atoms. The predicted octanol–water partition coefficient (Wildman–Crippen LogP) is 3.09. The topological polar surface area (TPSA) is 46.3 Å². The molecule has 0 bridgehead atoms. The van der Waals surface area contributed by atoms with Crippen LogP contribution in [0, 0.1) is 11.8 Å². The van der Waals surface area contributed by atoms with Crippen LogP contribution >= 0.6 is 0 Å². The van der Waals surface area contributed by atoms with Crippen molar-refractivity contribution in [1.29, 1.82) is 0 Å². The van der Waals surface area contributed by atoms with E-state index in [9.17, 15) is 4.79 Å². The molecule has 0 aromatic heterocycles. The second kappa shape index (κ2) is 9.56. The molecule has 1 aromatic rings. The number of unbranched alkanes of at least 4 members (excludes halogenated alkanes) is 1. The first-order valence-corrected chi connectivity index (χ1v) is 8.03. The minimum absolute atomic E-state index is 0.0240. The summed E-state index contributed by atoms with van der Waals surface area (Å²) in [6, 6.07) is 10.5. The van der Waals surface area contributed by atoms with Crippen LogP contribution in [0.25, 0.3) is 0 Å². The van der Waals surface area contributed by atoms with Crippen LogP contribution in [0.5, 0.6) is 0 Å². The molecule has 0 aliphatic carbocycles. The minimum atomic E-state index is -0.0240. The quantitative estimate of drug-likeness (QED) is 0.710. The number of hydrogen-bond donors (Lipinski definition) is 1. The summed E-state index contributed by atoms with van der Waals surface area (Å²) in [7, 11) is 1.90. The molecule has 1 amide bonds. The Kier molecular flexibility index (Phi) is 8.06. The van der Waals surface area contributed by atoms with E-state index in [2.05, 4.69) is 38.1 Å². The van der Waals surface area contributed by atoms with Crippen LogP contribution in [0.4, 0.5) is 0 Å². The SMILES string of the molecule is CC(C)CC(CN)C(=O)N(C)CCCCc1ccccc1. The second-order valence-electron chi connectivity index (χ2n) is 6.26. The molecule has 0 saturated heterocycles. The molecule has 1 atom stereocenters. The Morgan fingerprint density at radius 2 is 1.86 bits per heavy atom. The van der Waals surface area contributed by atoms with E-state index in [-0.39, 0.29) is 11.8 Å². The number of hydrogen-bond acceptors (Lipinski definition) is 2. The van der Waals surface area contributed by atoms with Gasteiger partial charge in [0.25, 0.3) is 0 Å². The Hall–Kier alpha value is -1.35. The number of benzene rings is 1. The van der Waals surface area contributed by atoms with Crippen molar-refractivity contribution in [3.63, 3.8) is 0 Å². The lowest BCUT2D eigenvalue weighted by molar-refractivity contribution is -0.134. The third-order valence-corrected chi connectivity index (χ3v) is 3.82. The molecule has 1 aromatic carbocycles. The fraction of sp³-hybridized carbons (Fsp3) is 0.611. The summed E-state index contributed by atoms with van der Waals surface area (Å²) in [6.07, 6.45) is 4.11. The number of carbonyl (C=O) groups is 1. The lowest BCUT2D eigenvalue weighted by Crippen LogP contribution is -2.37. The highest BCUT2D eigenvalue weighted by Gasteiger charge is 2.21. The van der Waals surface area contributed by atoms with Crippen molar-refractivity contribution in [1.82, 2.24) is 4.90 Å². The Labute approximate surface area is 129 Å². The standard InChI is InChI=1S/C18H30N2O/c1-15(2)13-17(14-19)18(21)20(3)12-8-7-11-16-9-5-4-6-10-16/h4-6,9-10,15,17H,7-8,11-14,19H2,1-3H3. The molecule has 0 aliphatic heterocycles. The van der Waals surface area contributed by atoms with Crippen molar-refractivity contribution < 1.29 is 4.79 Å². The minimum Gasteiger partial charge on any atom is -0.345 e. The Balaban J connectivity index is 2.28. The summed E-state index contributed by atoms with van der Waals surface area (Å²) >= 11 is 0. The van der Waals surface area contributed by atoms with Crippen LogP contribution < -0.4 is 5.73 Å². The van der Waals surface area contributed by atoms with Crippen LogP contribution in [0.2, 0.25) is 0 Å². The summed E-state index contributed by atoms with van der Waals surface area (Å²) in [5.74, 6) is 0.684. The maximum atomic E-state index is 12.3. The van der Waals surface area contributed by atoms with Gasteiger partial charge in [0.05, 0.1) is 5.92 Å². The normalized spacial score (nSPS) is 12.4. The van der Waals surface area contributed by atoms with Crippen LogP contribution in [0.15, 0.2) is 30.3 Å². The van der Waals surface area contributed by atoms with Crippen molar-refractivity contribution >= 4 is 5.91 Å². The van der Waals surface area contributed by atoms with Gasteiger partial charge in [-0.05, 0) is 37.2 Å². The third kappa shape index (κ3) is 6.76. The number of nitrogens with two attached hydrogens (primary N) is 1. The van der Waals surface area contributed by atoms with Gasteiger partial charge in [-0.2, -0.15) is 0 Å². The molecular weight excluding hydrogens is 260 g/mol. The number of rotatable bonds is 9. The van der Waals surface area contributed by atoms with Crippen molar-refractivity contribution in [2.75, 3.05) is 20.1 Å². The lowest BCUT2D eigenvalue weighted by atomic mass is 9.96. The molecule has 0 radical (unpaired) electrons. The first-order valence-electron chi connectivity index (χ1n) is 8.03. The van der Waals surface area contributed by atoms with E-state index in [0.29, 0.717) is 12.5 Å². The van der Waals surface area contributed by atoms with Gasteiger partial charge >= 0.3 is 0 Å². The molecule has 0 aliphatic rings. The average Bonchev–Trinajstić information content (AvgIpc) is 2.49. The zero-order chi connectivity index (χ0) is 15.7. The van der Waals surface area contributed by atoms with Crippen LogP contribution in [-0.4, -0.2) is 30.9 Å². The molecule has 0 fully saturated rings. The van der Waals surface area contributed by atoms with Crippen LogP contribution in [0.3, 0.4) is 0 Å². The van der Waals surface area contributed by atoms with Crippen molar-refractivity contribution in [2.24, 2.45) is 17.6 Å². The Morgan fingerprint density at radius 1 is 1.19 bits per heavy atom. The highest BCUT2D eigenvalue weighted by Crippen LogP contribution is 2.13. The molecule has 118 valence electrons. The number of aryl methyl sites for hydroxylation is 1. The molecule has 1 rings (SSSR count). The van der Waals surface area contributed by atoms with E-state index in [1.165, 1.54) is 5.56 Å². The largest absolute Gasteiger partial charge is 0.345 e. The monoisotopic (exact) mass is 290 g/mol. The zero-order valence-electron chi connectivity index (χ0n) is 13.7. The van der Waals surface area contributed by atoms with E-state index in [4.69, 9.17) is 5.73 Å². The summed E-state index contributed by atoms with van der Waals surface area (Å²) in [4.78, 5) is 14.2. The van der Waals surface area contributed by atoms with Crippen molar-refractivity contribution in [2.45, 2.75) is 39.5 Å². The van der Waals surface area contributed by atoms with E-state index >= 15 is 0 Å². The van der Waals surface area contributed by atoms with E-state index in [1.54, 1.807) is 0 Å². The van der Waals surface area contributed by atoms with Gasteiger partial charge in [-0.15, -0.1) is 0 Å². The summed E-state index contributed by atoms with van der Waals surface area (Å²) in [5, 5.41) is 0. The van der Waals surface area contributed by atoms with Gasteiger partial charge in [0, 0.05) is 20.1 Å². The maximum Gasteiger partial charge on any atom is 0.226 e. The first-order chi connectivity index (χ1) is 10.0. The van der Waals surface area contributed by atoms with Gasteiger partial charge < -0.3 is 10.6 Å². The fourth-order valence-electron chi connectivity index (χ4n) is 2.61. The molecular formula is C18H30N2O. The Morgan fingerprint density at radius 3 is 2.43 bits per heavy atom. The number of nitrogens with zero attached hydrogens (tertiary/aromatic N) is 1. The molecule has 1 unspecified atom stereocenters. The zero-order valence-corrected chi connectivity index (χ0v) is 13.7. The van der Waals surface area contributed by atoms with Gasteiger partial charge in [0.15, 0.2) is 0 Å². The molecule has 0 heterocycles. The van der Waals surface area contributed by atoms with E-state index in [1.807, 2.05) is 18.0 Å². The molecule has 3 nitrogen and oxygen atoms in total. The summed E-state index contributed by atoms with van der Waals surface area (Å²) < 4.78 is 0. The highest BCUT2D eigenvalue weighted by molar-refractivity contribution is 5.78. The molecule has 21 heavy (non-hydrogen) atoms. The smallest absolute Gasteiger partial charge is 0.226 e. The van der Waals surface area contributed by atoms with Crippen molar-refractivity contribution in [3.05, 3.63) is 35.9 Å². The van der Waals surface area contributed by atoms with Gasteiger partial charge in [-0.1, -0.05) is 44.2 Å². The summed E-state index contributed by atoms with van der Waals surface area (Å²) in [5.41, 5.74) is 7.11. The van der Waals surface area contributed by atoms with Crippen molar-refractivity contribution in [3.8, 4) is 0 Å². The maximum absolute atomic E-state index is 12.3. The van der Waals surface area contributed by atoms with E-state index in [0.717, 1.165) is 32.2 Å². The average molecular weight is 290 g/mol. The van der Waals surface area contributed by atoms with Gasteiger partial charge in [-0.25, -0.2) is 0 Å². The summed E-state index contributed by atoms with van der Waals surface area (Å²) in [6.45, 7) is 5.54. The molecule has 2 N–H and O–H groups in total. The van der Waals surface area contributed by atoms with E-state index < -0.39 is 0 Å². The van der Waals surface area contributed by atoms with Gasteiger partial charge in [0.1, 0.15) is 0 Å². The van der Waals surface area contributed by atoms with Gasteiger partial charge in [0.2, 0.25) is 5.91 Å². The lowest BCUT2D eigenvalue weighted by Gasteiger charge is -2.24.